The van der Waals surface area contributed by atoms with Crippen molar-refractivity contribution in [2.24, 2.45) is 0 Å². The van der Waals surface area contributed by atoms with Gasteiger partial charge in [-0.3, -0.25) is 4.79 Å². The third-order valence-electron chi connectivity index (χ3n) is 3.93. The summed E-state index contributed by atoms with van der Waals surface area (Å²) in [6, 6.07) is 12.8. The molecular weight excluding hydrogens is 436 g/mol. The molecular formula is C20H18N6O3S2. The van der Waals surface area contributed by atoms with E-state index in [1.165, 1.54) is 30.5 Å². The maximum absolute atomic E-state index is 12.5. The van der Waals surface area contributed by atoms with Crippen molar-refractivity contribution in [3.05, 3.63) is 65.6 Å². The van der Waals surface area contributed by atoms with Crippen LogP contribution in [0.25, 0.3) is 0 Å². The number of amides is 1. The van der Waals surface area contributed by atoms with Gasteiger partial charge in [-0.1, -0.05) is 11.8 Å². The van der Waals surface area contributed by atoms with E-state index in [-0.39, 0.29) is 22.5 Å². The van der Waals surface area contributed by atoms with Crippen molar-refractivity contribution in [2.45, 2.75) is 23.8 Å². The van der Waals surface area contributed by atoms with Crippen molar-refractivity contribution in [1.29, 1.82) is 5.26 Å². The lowest BCUT2D eigenvalue weighted by molar-refractivity contribution is -0.113. The fourth-order valence-electron chi connectivity index (χ4n) is 2.45. The summed E-state index contributed by atoms with van der Waals surface area (Å²) in [7, 11) is -3.86. The standard InChI is InChI=1S/C20H18N6O3S2/c1-13-3-4-15(11-21)19(23-13)30-12-18(27)25-16-5-7-17(8-6-16)31(28,29)26-20-22-10-9-14(2)24-20/h3-10H,12H2,1-2H3,(H,25,27)(H,22,24,26). The van der Waals surface area contributed by atoms with Gasteiger partial charge in [0.15, 0.2) is 0 Å². The molecule has 0 fully saturated rings. The number of carbonyl (C=O) groups is 1. The zero-order valence-electron chi connectivity index (χ0n) is 16.7. The molecule has 0 atom stereocenters. The van der Waals surface area contributed by atoms with Gasteiger partial charge in [0.05, 0.1) is 16.2 Å². The third kappa shape index (κ3) is 6.00. The number of thioether (sulfide) groups is 1. The van der Waals surface area contributed by atoms with Gasteiger partial charge in [-0.05, 0) is 56.3 Å². The molecule has 11 heteroatoms. The highest BCUT2D eigenvalue weighted by Gasteiger charge is 2.16. The van der Waals surface area contributed by atoms with E-state index >= 15 is 0 Å². The van der Waals surface area contributed by atoms with Crippen LogP contribution in [0, 0.1) is 25.2 Å². The van der Waals surface area contributed by atoms with E-state index in [1.54, 1.807) is 32.0 Å². The highest BCUT2D eigenvalue weighted by molar-refractivity contribution is 8.00. The maximum atomic E-state index is 12.5. The van der Waals surface area contributed by atoms with Gasteiger partial charge in [0.2, 0.25) is 11.9 Å². The molecule has 0 aliphatic heterocycles. The number of nitriles is 1. The Bertz CT molecular complexity index is 1250. The fraction of sp³-hybridized carbons (Fsp3) is 0.150. The lowest BCUT2D eigenvalue weighted by Gasteiger charge is -2.09. The van der Waals surface area contributed by atoms with Crippen LogP contribution in [0.3, 0.4) is 0 Å². The number of carbonyl (C=O) groups excluding carboxylic acids is 1. The highest BCUT2D eigenvalue weighted by Crippen LogP contribution is 2.21. The minimum atomic E-state index is -3.86. The molecule has 9 nitrogen and oxygen atoms in total. The molecule has 2 aromatic heterocycles. The average Bonchev–Trinajstić information content (AvgIpc) is 2.72. The predicted octanol–water partition coefficient (Wildman–Crippen LogP) is 2.89. The van der Waals surface area contributed by atoms with Crippen molar-refractivity contribution in [2.75, 3.05) is 15.8 Å². The fourth-order valence-corrected chi connectivity index (χ4v) is 4.22. The number of nitrogens with one attached hydrogen (secondary N) is 2. The van der Waals surface area contributed by atoms with Crippen molar-refractivity contribution in [3.63, 3.8) is 0 Å². The Kier molecular flexibility index (Phi) is 6.84. The molecule has 2 heterocycles. The zero-order valence-corrected chi connectivity index (χ0v) is 18.3. The van der Waals surface area contributed by atoms with E-state index in [2.05, 4.69) is 31.1 Å². The molecule has 31 heavy (non-hydrogen) atoms. The summed E-state index contributed by atoms with van der Waals surface area (Å²) in [6.45, 7) is 3.53. The van der Waals surface area contributed by atoms with Crippen LogP contribution in [-0.4, -0.2) is 35.0 Å². The molecule has 2 N–H and O–H groups in total. The SMILES string of the molecule is Cc1ccnc(NS(=O)(=O)c2ccc(NC(=O)CSc3nc(C)ccc3C#N)cc2)n1. The molecule has 0 spiro atoms. The van der Waals surface area contributed by atoms with Crippen LogP contribution in [0.2, 0.25) is 0 Å². The van der Waals surface area contributed by atoms with E-state index < -0.39 is 10.0 Å². The lowest BCUT2D eigenvalue weighted by Crippen LogP contribution is -2.16. The van der Waals surface area contributed by atoms with Crippen molar-refractivity contribution < 1.29 is 13.2 Å². The summed E-state index contributed by atoms with van der Waals surface area (Å²) < 4.78 is 27.3. The van der Waals surface area contributed by atoms with Gasteiger partial charge in [-0.25, -0.2) is 28.1 Å². The Morgan fingerprint density at radius 1 is 1.06 bits per heavy atom. The second kappa shape index (κ2) is 9.55. The number of rotatable bonds is 7. The van der Waals surface area contributed by atoms with Crippen LogP contribution in [0.4, 0.5) is 11.6 Å². The second-order valence-corrected chi connectivity index (χ2v) is 9.05. The van der Waals surface area contributed by atoms with Crippen molar-refractivity contribution in [1.82, 2.24) is 15.0 Å². The number of hydrogen-bond donors (Lipinski definition) is 2. The Balaban J connectivity index is 1.62. The van der Waals surface area contributed by atoms with E-state index in [0.29, 0.717) is 22.0 Å². The molecule has 0 saturated heterocycles. The van der Waals surface area contributed by atoms with Gasteiger partial charge in [0.25, 0.3) is 10.0 Å². The number of anilines is 2. The van der Waals surface area contributed by atoms with Gasteiger partial charge in [0.1, 0.15) is 11.1 Å². The molecule has 1 amide bonds. The number of aromatic nitrogens is 3. The number of benzene rings is 1. The summed E-state index contributed by atoms with van der Waals surface area (Å²) in [5, 5.41) is 12.3. The number of pyridine rings is 1. The highest BCUT2D eigenvalue weighted by atomic mass is 32.2. The summed E-state index contributed by atoms with van der Waals surface area (Å²) >= 11 is 1.16. The van der Waals surface area contributed by atoms with Gasteiger partial charge < -0.3 is 5.32 Å². The van der Waals surface area contributed by atoms with Gasteiger partial charge in [-0.15, -0.1) is 0 Å². The number of nitrogens with zero attached hydrogens (tertiary/aromatic N) is 4. The first-order valence-electron chi connectivity index (χ1n) is 9.00. The smallest absolute Gasteiger partial charge is 0.264 e. The largest absolute Gasteiger partial charge is 0.325 e. The van der Waals surface area contributed by atoms with E-state index in [0.717, 1.165) is 17.5 Å². The Morgan fingerprint density at radius 2 is 1.77 bits per heavy atom. The molecule has 0 radical (unpaired) electrons. The quantitative estimate of drug-likeness (QED) is 0.520. The monoisotopic (exact) mass is 454 g/mol. The summed E-state index contributed by atoms with van der Waals surface area (Å²) in [6.07, 6.45) is 1.46. The van der Waals surface area contributed by atoms with Crippen molar-refractivity contribution in [3.8, 4) is 6.07 Å². The van der Waals surface area contributed by atoms with E-state index in [9.17, 15) is 13.2 Å². The molecule has 0 unspecified atom stereocenters. The van der Waals surface area contributed by atoms with Crippen LogP contribution >= 0.6 is 11.8 Å². The summed E-state index contributed by atoms with van der Waals surface area (Å²) in [4.78, 5) is 24.4. The first-order valence-corrected chi connectivity index (χ1v) is 11.5. The van der Waals surface area contributed by atoms with Crippen LogP contribution in [0.1, 0.15) is 17.0 Å². The molecule has 0 aliphatic carbocycles. The Morgan fingerprint density at radius 3 is 2.45 bits per heavy atom. The van der Waals surface area contributed by atoms with Crippen LogP contribution in [0.15, 0.2) is 58.6 Å². The molecule has 3 aromatic rings. The number of hydrogen-bond acceptors (Lipinski definition) is 8. The third-order valence-corrected chi connectivity index (χ3v) is 6.26. The lowest BCUT2D eigenvalue weighted by atomic mass is 10.3. The first-order chi connectivity index (χ1) is 14.8. The van der Waals surface area contributed by atoms with Crippen molar-refractivity contribution >= 4 is 39.3 Å². The normalized spacial score (nSPS) is 10.9. The number of sulfonamides is 1. The number of aryl methyl sites for hydroxylation is 2. The van der Waals surface area contributed by atoms with Gasteiger partial charge in [-0.2, -0.15) is 5.26 Å². The topological polar surface area (TPSA) is 138 Å². The van der Waals surface area contributed by atoms with Crippen LogP contribution in [0.5, 0.6) is 0 Å². The second-order valence-electron chi connectivity index (χ2n) is 6.41. The minimum Gasteiger partial charge on any atom is -0.325 e. The van der Waals surface area contributed by atoms with E-state index in [1.807, 2.05) is 0 Å². The minimum absolute atomic E-state index is 0.00704. The maximum Gasteiger partial charge on any atom is 0.264 e. The molecule has 0 aliphatic rings. The van der Waals surface area contributed by atoms with Crippen LogP contribution < -0.4 is 10.0 Å². The zero-order chi connectivity index (χ0) is 22.4. The van der Waals surface area contributed by atoms with Crippen LogP contribution in [-0.2, 0) is 14.8 Å². The molecule has 1 aromatic carbocycles. The summed E-state index contributed by atoms with van der Waals surface area (Å²) in [5.74, 6) is -0.271. The molecule has 3 rings (SSSR count). The van der Waals surface area contributed by atoms with Gasteiger partial charge in [0, 0.05) is 23.3 Å². The van der Waals surface area contributed by atoms with E-state index in [4.69, 9.17) is 5.26 Å². The molecule has 158 valence electrons. The van der Waals surface area contributed by atoms with Gasteiger partial charge >= 0.3 is 0 Å². The Labute approximate surface area is 184 Å². The first kappa shape index (κ1) is 22.2. The Hall–Kier alpha value is -3.49. The predicted molar refractivity (Wildman–Crippen MR) is 117 cm³/mol. The summed E-state index contributed by atoms with van der Waals surface area (Å²) in [5.41, 5.74) is 2.23. The molecule has 0 bridgehead atoms. The average molecular weight is 455 g/mol. The molecule has 0 saturated carbocycles.